The van der Waals surface area contributed by atoms with E-state index in [1.807, 2.05) is 0 Å². The zero-order valence-electron chi connectivity index (χ0n) is 9.85. The molecular weight excluding hydrogens is 220 g/mol. The van der Waals surface area contributed by atoms with E-state index in [1.54, 1.807) is 25.3 Å². The molecule has 0 atom stereocenters. The predicted molar refractivity (Wildman–Crippen MR) is 62.6 cm³/mol. The van der Waals surface area contributed by atoms with Gasteiger partial charge in [0.15, 0.2) is 13.1 Å². The van der Waals surface area contributed by atoms with Crippen LogP contribution in [0.15, 0.2) is 18.2 Å². The summed E-state index contributed by atoms with van der Waals surface area (Å²) in [5.74, 6) is 1.87. The Labute approximate surface area is 100 Å². The molecule has 4 nitrogen and oxygen atoms in total. The van der Waals surface area contributed by atoms with E-state index in [1.165, 1.54) is 12.8 Å². The maximum absolute atomic E-state index is 10.9. The van der Waals surface area contributed by atoms with Crippen LogP contribution in [0.25, 0.3) is 0 Å². The topological polar surface area (TPSA) is 44.8 Å². The Bertz CT molecular complexity index is 385. The summed E-state index contributed by atoms with van der Waals surface area (Å²) >= 11 is 0. The number of methoxy groups -OCH3 is 1. The minimum Gasteiger partial charge on any atom is -0.497 e. The molecule has 0 saturated heterocycles. The van der Waals surface area contributed by atoms with Crippen LogP contribution in [0, 0.1) is 5.92 Å². The van der Waals surface area contributed by atoms with Gasteiger partial charge in [0, 0.05) is 0 Å². The van der Waals surface area contributed by atoms with E-state index in [0.29, 0.717) is 23.0 Å². The quantitative estimate of drug-likeness (QED) is 0.414. The predicted octanol–water partition coefficient (Wildman–Crippen LogP) is 2.27. The molecule has 0 amide bonds. The average Bonchev–Trinajstić information content (AvgIpc) is 3.18. The Morgan fingerprint density at radius 3 is 2.88 bits per heavy atom. The fourth-order valence-corrected chi connectivity index (χ4v) is 1.48. The van der Waals surface area contributed by atoms with Gasteiger partial charge in [0.1, 0.15) is 11.5 Å². The Kier molecular flexibility index (Phi) is 3.98. The zero-order valence-corrected chi connectivity index (χ0v) is 9.85. The van der Waals surface area contributed by atoms with Crippen LogP contribution < -0.4 is 9.47 Å². The van der Waals surface area contributed by atoms with Crippen LogP contribution in [-0.4, -0.2) is 26.8 Å². The third-order valence-corrected chi connectivity index (χ3v) is 2.69. The van der Waals surface area contributed by atoms with Crippen LogP contribution in [0.1, 0.15) is 23.2 Å². The molecule has 0 aliphatic heterocycles. The summed E-state index contributed by atoms with van der Waals surface area (Å²) in [5.41, 5.74) is 0.472. The third-order valence-electron chi connectivity index (χ3n) is 2.69. The van der Waals surface area contributed by atoms with Gasteiger partial charge < -0.3 is 14.2 Å². The average molecular weight is 236 g/mol. The Morgan fingerprint density at radius 1 is 1.41 bits per heavy atom. The van der Waals surface area contributed by atoms with Gasteiger partial charge in [0.25, 0.3) is 0 Å². The van der Waals surface area contributed by atoms with Crippen molar-refractivity contribution < 1.29 is 19.0 Å². The normalized spacial score (nSPS) is 14.4. The van der Waals surface area contributed by atoms with Crippen LogP contribution in [0.3, 0.4) is 0 Å². The molecule has 1 fully saturated rings. The molecule has 17 heavy (non-hydrogen) atoms. The number of hydrogen-bond donors (Lipinski definition) is 0. The van der Waals surface area contributed by atoms with Gasteiger partial charge in [0.2, 0.25) is 0 Å². The highest BCUT2D eigenvalue weighted by molar-refractivity contribution is 5.80. The zero-order chi connectivity index (χ0) is 12.1. The van der Waals surface area contributed by atoms with Crippen LogP contribution in [0.2, 0.25) is 0 Å². The molecule has 2 rings (SSSR count). The SMILES string of the molecule is COc1ccc(OCOCC2CC2)c(C=O)c1. The molecule has 0 radical (unpaired) electrons. The van der Waals surface area contributed by atoms with Gasteiger partial charge in [0.05, 0.1) is 19.3 Å². The van der Waals surface area contributed by atoms with E-state index in [2.05, 4.69) is 0 Å². The molecule has 92 valence electrons. The van der Waals surface area contributed by atoms with Gasteiger partial charge in [-0.25, -0.2) is 0 Å². The van der Waals surface area contributed by atoms with Gasteiger partial charge in [-0.05, 0) is 37.0 Å². The van der Waals surface area contributed by atoms with Gasteiger partial charge in [-0.3, -0.25) is 4.79 Å². The van der Waals surface area contributed by atoms with Crippen molar-refractivity contribution in [3.63, 3.8) is 0 Å². The molecule has 0 N–H and O–H groups in total. The minimum atomic E-state index is 0.184. The molecule has 1 aliphatic carbocycles. The van der Waals surface area contributed by atoms with E-state index in [9.17, 15) is 4.79 Å². The molecule has 4 heteroatoms. The smallest absolute Gasteiger partial charge is 0.189 e. The lowest BCUT2D eigenvalue weighted by Gasteiger charge is -2.09. The highest BCUT2D eigenvalue weighted by atomic mass is 16.7. The fraction of sp³-hybridized carbons (Fsp3) is 0.462. The number of ether oxygens (including phenoxy) is 3. The fourth-order valence-electron chi connectivity index (χ4n) is 1.48. The molecule has 0 spiro atoms. The molecule has 1 aromatic carbocycles. The first-order chi connectivity index (χ1) is 8.33. The van der Waals surface area contributed by atoms with Crippen LogP contribution >= 0.6 is 0 Å². The van der Waals surface area contributed by atoms with Crippen molar-refractivity contribution in [2.45, 2.75) is 12.8 Å². The lowest BCUT2D eigenvalue weighted by molar-refractivity contribution is 0.00967. The van der Waals surface area contributed by atoms with E-state index in [0.717, 1.165) is 12.9 Å². The molecule has 0 heterocycles. The lowest BCUT2D eigenvalue weighted by atomic mass is 10.2. The van der Waals surface area contributed by atoms with E-state index in [-0.39, 0.29) is 6.79 Å². The Balaban J connectivity index is 1.87. The van der Waals surface area contributed by atoms with Crippen LogP contribution in [0.5, 0.6) is 11.5 Å². The molecule has 1 aliphatic rings. The number of carbonyl (C=O) groups excluding carboxylic acids is 1. The number of aldehydes is 1. The summed E-state index contributed by atoms with van der Waals surface area (Å²) in [4.78, 5) is 10.9. The van der Waals surface area contributed by atoms with E-state index >= 15 is 0 Å². The second-order valence-electron chi connectivity index (χ2n) is 4.10. The van der Waals surface area contributed by atoms with Crippen molar-refractivity contribution in [2.24, 2.45) is 5.92 Å². The molecule has 0 bridgehead atoms. The second kappa shape index (κ2) is 5.68. The van der Waals surface area contributed by atoms with Crippen molar-refractivity contribution in [1.29, 1.82) is 0 Å². The maximum Gasteiger partial charge on any atom is 0.189 e. The van der Waals surface area contributed by atoms with Crippen LogP contribution in [0.4, 0.5) is 0 Å². The second-order valence-corrected chi connectivity index (χ2v) is 4.10. The first kappa shape index (κ1) is 11.9. The lowest BCUT2D eigenvalue weighted by Crippen LogP contribution is -2.06. The van der Waals surface area contributed by atoms with Crippen molar-refractivity contribution in [3.8, 4) is 11.5 Å². The highest BCUT2D eigenvalue weighted by Crippen LogP contribution is 2.29. The van der Waals surface area contributed by atoms with Gasteiger partial charge >= 0.3 is 0 Å². The number of rotatable bonds is 7. The molecule has 0 unspecified atom stereocenters. The number of hydrogen-bond acceptors (Lipinski definition) is 4. The first-order valence-electron chi connectivity index (χ1n) is 5.67. The monoisotopic (exact) mass is 236 g/mol. The maximum atomic E-state index is 10.9. The molecule has 1 aromatic rings. The van der Waals surface area contributed by atoms with Crippen LogP contribution in [-0.2, 0) is 4.74 Å². The van der Waals surface area contributed by atoms with E-state index in [4.69, 9.17) is 14.2 Å². The summed E-state index contributed by atoms with van der Waals surface area (Å²) in [5, 5.41) is 0. The molecular formula is C13H16O4. The number of benzene rings is 1. The summed E-state index contributed by atoms with van der Waals surface area (Å²) in [6, 6.07) is 5.11. The number of carbonyl (C=O) groups is 1. The molecule has 0 aromatic heterocycles. The summed E-state index contributed by atoms with van der Waals surface area (Å²) < 4.78 is 15.8. The van der Waals surface area contributed by atoms with E-state index < -0.39 is 0 Å². The van der Waals surface area contributed by atoms with Crippen molar-refractivity contribution >= 4 is 6.29 Å². The standard InChI is InChI=1S/C13H16O4/c1-15-12-4-5-13(11(6-12)7-14)17-9-16-8-10-2-3-10/h4-7,10H,2-3,8-9H2,1H3. The summed E-state index contributed by atoms with van der Waals surface area (Å²) in [7, 11) is 1.56. The molecule has 1 saturated carbocycles. The third kappa shape index (κ3) is 3.46. The minimum absolute atomic E-state index is 0.184. The van der Waals surface area contributed by atoms with Crippen molar-refractivity contribution in [2.75, 3.05) is 20.5 Å². The van der Waals surface area contributed by atoms with Crippen molar-refractivity contribution in [1.82, 2.24) is 0 Å². The Hall–Kier alpha value is -1.55. The van der Waals surface area contributed by atoms with Gasteiger partial charge in [-0.1, -0.05) is 0 Å². The van der Waals surface area contributed by atoms with Gasteiger partial charge in [-0.2, -0.15) is 0 Å². The summed E-state index contributed by atoms with van der Waals surface area (Å²) in [6.07, 6.45) is 3.25. The highest BCUT2D eigenvalue weighted by Gasteiger charge is 2.21. The van der Waals surface area contributed by atoms with Gasteiger partial charge in [-0.15, -0.1) is 0 Å². The largest absolute Gasteiger partial charge is 0.497 e. The summed E-state index contributed by atoms with van der Waals surface area (Å²) in [6.45, 7) is 0.927. The van der Waals surface area contributed by atoms with Crippen molar-refractivity contribution in [3.05, 3.63) is 23.8 Å². The Morgan fingerprint density at radius 2 is 2.24 bits per heavy atom. The first-order valence-corrected chi connectivity index (χ1v) is 5.67.